The Morgan fingerprint density at radius 1 is 0.667 bits per heavy atom. The van der Waals surface area contributed by atoms with Crippen molar-refractivity contribution in [1.82, 2.24) is 29.3 Å². The summed E-state index contributed by atoms with van der Waals surface area (Å²) in [5.41, 5.74) is 11.7. The molecule has 45 heavy (non-hydrogen) atoms. The van der Waals surface area contributed by atoms with Gasteiger partial charge < -0.3 is 8.98 Å². The first-order chi connectivity index (χ1) is 22.3. The van der Waals surface area contributed by atoms with Crippen LogP contribution in [0.1, 0.15) is 12.0 Å². The van der Waals surface area contributed by atoms with Gasteiger partial charge in [0, 0.05) is 33.7 Å². The molecule has 0 aliphatic carbocycles. The second-order valence-corrected chi connectivity index (χ2v) is 11.8. The Bertz CT molecular complexity index is 2540. The number of para-hydroxylation sites is 3. The first kappa shape index (κ1) is 24.5. The van der Waals surface area contributed by atoms with E-state index >= 15 is 0 Å². The Morgan fingerprint density at radius 2 is 1.44 bits per heavy atom. The number of aryl methyl sites for hydroxylation is 2. The van der Waals surface area contributed by atoms with Crippen molar-refractivity contribution < 1.29 is 4.42 Å². The molecule has 5 heterocycles. The standard InChI is InChI=1S/C38H26N6O/c1-3-14-32-28(11-1)29-12-2-4-15-33(29)43(32)34-16-6-13-30-31-21-25(17-18-36(31)45-38(30)34)24-8-5-10-27(20-24)44-37-26(22-40-44)9-7-19-42-35(37)23-39-41-42/h1-6,8,10-18,20-23H,7,9,19H2. The minimum atomic E-state index is 0.862. The van der Waals surface area contributed by atoms with Crippen LogP contribution in [-0.4, -0.2) is 29.3 Å². The third-order valence-corrected chi connectivity index (χ3v) is 9.24. The maximum Gasteiger partial charge on any atom is 0.159 e. The number of hydrogen-bond donors (Lipinski definition) is 0. The quantitative estimate of drug-likeness (QED) is 0.209. The van der Waals surface area contributed by atoms with Crippen molar-refractivity contribution in [3.8, 4) is 33.9 Å². The SMILES string of the molecule is c1cc(-c2ccc3oc4c(-n5c6ccccc6c6ccccc65)cccc4c3c2)cc(-n2ncc3c2-c2cnnn2CCC3)c1. The summed E-state index contributed by atoms with van der Waals surface area (Å²) < 4.78 is 13.0. The predicted molar refractivity (Wildman–Crippen MR) is 178 cm³/mol. The minimum Gasteiger partial charge on any atom is -0.454 e. The largest absolute Gasteiger partial charge is 0.454 e. The molecule has 9 aromatic rings. The lowest BCUT2D eigenvalue weighted by Crippen LogP contribution is -2.04. The molecular weight excluding hydrogens is 556 g/mol. The molecule has 0 unspecified atom stereocenters. The zero-order chi connectivity index (χ0) is 29.5. The molecule has 5 aromatic carbocycles. The second-order valence-electron chi connectivity index (χ2n) is 11.8. The fourth-order valence-corrected chi connectivity index (χ4v) is 7.20. The highest BCUT2D eigenvalue weighted by Crippen LogP contribution is 2.39. The number of aromatic nitrogens is 6. The Hall–Kier alpha value is -5.95. The second kappa shape index (κ2) is 9.27. The third-order valence-electron chi connectivity index (χ3n) is 9.24. The lowest BCUT2D eigenvalue weighted by molar-refractivity contribution is 0.570. The molecule has 4 aromatic heterocycles. The van der Waals surface area contributed by atoms with E-state index in [0.717, 1.165) is 75.2 Å². The summed E-state index contributed by atoms with van der Waals surface area (Å²) in [6, 6.07) is 38.7. The summed E-state index contributed by atoms with van der Waals surface area (Å²) in [6.45, 7) is 0.862. The van der Waals surface area contributed by atoms with Gasteiger partial charge in [-0.25, -0.2) is 9.36 Å². The Balaban J connectivity index is 1.12. The fourth-order valence-electron chi connectivity index (χ4n) is 7.20. The van der Waals surface area contributed by atoms with Gasteiger partial charge in [-0.05, 0) is 66.4 Å². The van der Waals surface area contributed by atoms with Gasteiger partial charge in [-0.1, -0.05) is 71.9 Å². The maximum absolute atomic E-state index is 6.63. The highest BCUT2D eigenvalue weighted by atomic mass is 16.3. The predicted octanol–water partition coefficient (Wildman–Crippen LogP) is 8.74. The molecular formula is C38H26N6O. The van der Waals surface area contributed by atoms with Crippen molar-refractivity contribution in [2.24, 2.45) is 0 Å². The van der Waals surface area contributed by atoms with Gasteiger partial charge in [0.2, 0.25) is 0 Å². The fraction of sp³-hybridized carbons (Fsp3) is 0.0789. The normalized spacial score (nSPS) is 13.1. The van der Waals surface area contributed by atoms with Gasteiger partial charge in [-0.3, -0.25) is 0 Å². The first-order valence-corrected chi connectivity index (χ1v) is 15.3. The average Bonchev–Trinajstić information content (AvgIpc) is 3.86. The number of fused-ring (bicyclic) bond motifs is 9. The van der Waals surface area contributed by atoms with Crippen molar-refractivity contribution in [3.05, 3.63) is 127 Å². The molecule has 0 amide bonds. The van der Waals surface area contributed by atoms with Gasteiger partial charge >= 0.3 is 0 Å². The van der Waals surface area contributed by atoms with E-state index in [2.05, 4.69) is 124 Å². The van der Waals surface area contributed by atoms with E-state index in [1.807, 2.05) is 21.8 Å². The molecule has 0 spiro atoms. The number of furan rings is 1. The Morgan fingerprint density at radius 3 is 2.31 bits per heavy atom. The molecule has 0 saturated heterocycles. The Kier molecular flexibility index (Phi) is 5.05. The van der Waals surface area contributed by atoms with E-state index in [1.165, 1.54) is 27.4 Å². The lowest BCUT2D eigenvalue weighted by Gasteiger charge is -2.10. The lowest BCUT2D eigenvalue weighted by atomic mass is 10.0. The van der Waals surface area contributed by atoms with Gasteiger partial charge in [-0.15, -0.1) is 5.10 Å². The molecule has 0 fully saturated rings. The van der Waals surface area contributed by atoms with Gasteiger partial charge in [-0.2, -0.15) is 5.10 Å². The number of benzene rings is 5. The highest BCUT2D eigenvalue weighted by Gasteiger charge is 2.22. The number of rotatable bonds is 3. The van der Waals surface area contributed by atoms with Crippen molar-refractivity contribution in [3.63, 3.8) is 0 Å². The van der Waals surface area contributed by atoms with Crippen molar-refractivity contribution in [2.45, 2.75) is 19.4 Å². The average molecular weight is 583 g/mol. The monoisotopic (exact) mass is 582 g/mol. The zero-order valence-corrected chi connectivity index (χ0v) is 24.3. The summed E-state index contributed by atoms with van der Waals surface area (Å²) >= 11 is 0. The molecule has 0 radical (unpaired) electrons. The number of nitrogens with zero attached hydrogens (tertiary/aromatic N) is 6. The molecule has 214 valence electrons. The smallest absolute Gasteiger partial charge is 0.159 e. The van der Waals surface area contributed by atoms with Crippen molar-refractivity contribution in [1.29, 1.82) is 0 Å². The summed E-state index contributed by atoms with van der Waals surface area (Å²) in [5, 5.41) is 18.0. The topological polar surface area (TPSA) is 66.6 Å². The van der Waals surface area contributed by atoms with Gasteiger partial charge in [0.15, 0.2) is 5.58 Å². The van der Waals surface area contributed by atoms with Gasteiger partial charge in [0.1, 0.15) is 11.3 Å². The van der Waals surface area contributed by atoms with E-state index in [1.54, 1.807) is 0 Å². The third kappa shape index (κ3) is 3.55. The summed E-state index contributed by atoms with van der Waals surface area (Å²) in [5.74, 6) is 0. The van der Waals surface area contributed by atoms with Crippen LogP contribution in [-0.2, 0) is 13.0 Å². The van der Waals surface area contributed by atoms with Gasteiger partial charge in [0.25, 0.3) is 0 Å². The van der Waals surface area contributed by atoms with Crippen LogP contribution in [0.3, 0.4) is 0 Å². The maximum atomic E-state index is 6.63. The molecule has 0 bridgehead atoms. The van der Waals surface area contributed by atoms with Crippen LogP contribution in [0.25, 0.3) is 77.6 Å². The van der Waals surface area contributed by atoms with Crippen LogP contribution in [0.5, 0.6) is 0 Å². The summed E-state index contributed by atoms with van der Waals surface area (Å²) in [7, 11) is 0. The van der Waals surface area contributed by atoms with E-state index < -0.39 is 0 Å². The molecule has 10 rings (SSSR count). The molecule has 0 N–H and O–H groups in total. The zero-order valence-electron chi connectivity index (χ0n) is 24.3. The van der Waals surface area contributed by atoms with E-state index in [0.29, 0.717) is 0 Å². The van der Waals surface area contributed by atoms with Crippen LogP contribution in [0.15, 0.2) is 126 Å². The van der Waals surface area contributed by atoms with E-state index in [-0.39, 0.29) is 0 Å². The van der Waals surface area contributed by atoms with Crippen molar-refractivity contribution >= 4 is 43.7 Å². The molecule has 7 nitrogen and oxygen atoms in total. The van der Waals surface area contributed by atoms with Crippen LogP contribution in [0.2, 0.25) is 0 Å². The molecule has 0 saturated carbocycles. The van der Waals surface area contributed by atoms with Crippen LogP contribution in [0.4, 0.5) is 0 Å². The van der Waals surface area contributed by atoms with Crippen LogP contribution >= 0.6 is 0 Å². The van der Waals surface area contributed by atoms with E-state index in [4.69, 9.17) is 9.52 Å². The Labute approximate surface area is 257 Å². The van der Waals surface area contributed by atoms with Crippen molar-refractivity contribution in [2.75, 3.05) is 0 Å². The molecule has 1 aliphatic heterocycles. The van der Waals surface area contributed by atoms with Gasteiger partial charge in [0.05, 0.1) is 40.5 Å². The van der Waals surface area contributed by atoms with E-state index in [9.17, 15) is 0 Å². The summed E-state index contributed by atoms with van der Waals surface area (Å²) in [6.07, 6.45) is 5.83. The van der Waals surface area contributed by atoms with Crippen LogP contribution in [0, 0.1) is 0 Å². The molecule has 1 aliphatic rings. The molecule has 0 atom stereocenters. The van der Waals surface area contributed by atoms with Crippen LogP contribution < -0.4 is 0 Å². The molecule has 7 heteroatoms. The minimum absolute atomic E-state index is 0.862. The first-order valence-electron chi connectivity index (χ1n) is 15.3. The number of hydrogen-bond acceptors (Lipinski definition) is 4. The summed E-state index contributed by atoms with van der Waals surface area (Å²) in [4.78, 5) is 0. The highest BCUT2D eigenvalue weighted by molar-refractivity contribution is 6.13.